The number of piperidine rings is 1. The van der Waals surface area contributed by atoms with Gasteiger partial charge in [0.2, 0.25) is 0 Å². The number of halogens is 5. The van der Waals surface area contributed by atoms with Crippen LogP contribution >= 0.6 is 0 Å². The summed E-state index contributed by atoms with van der Waals surface area (Å²) in [6, 6.07) is 8.87. The molecular formula is C23H22F5N5. The highest BCUT2D eigenvalue weighted by Crippen LogP contribution is 2.38. The van der Waals surface area contributed by atoms with Crippen molar-refractivity contribution >= 4 is 23.1 Å². The maximum atomic E-state index is 13.7. The number of benzene rings is 1. The van der Waals surface area contributed by atoms with E-state index in [-0.39, 0.29) is 41.7 Å². The maximum Gasteiger partial charge on any atom is 0.431 e. The molecule has 0 amide bonds. The van der Waals surface area contributed by atoms with Gasteiger partial charge in [-0.2, -0.15) is 13.2 Å². The van der Waals surface area contributed by atoms with E-state index in [0.29, 0.717) is 13.1 Å². The number of aryl methyl sites for hydroxylation is 1. The van der Waals surface area contributed by atoms with Gasteiger partial charge in [0.1, 0.15) is 17.7 Å². The molecule has 2 aromatic heterocycles. The number of nitrogens with one attached hydrogen (secondary N) is 1. The number of rotatable bonds is 3. The lowest BCUT2D eigenvalue weighted by Gasteiger charge is -2.42. The van der Waals surface area contributed by atoms with Gasteiger partial charge >= 0.3 is 6.18 Å². The van der Waals surface area contributed by atoms with Crippen LogP contribution < -0.4 is 0 Å². The van der Waals surface area contributed by atoms with E-state index in [1.54, 1.807) is 6.21 Å². The number of nitrogens with zero attached hydrogens (tertiary/aromatic N) is 4. The summed E-state index contributed by atoms with van der Waals surface area (Å²) in [5, 5.41) is 0.180. The van der Waals surface area contributed by atoms with Gasteiger partial charge in [-0.25, -0.2) is 23.7 Å². The van der Waals surface area contributed by atoms with Crippen molar-refractivity contribution in [3.8, 4) is 0 Å². The lowest BCUT2D eigenvalue weighted by atomic mass is 9.78. The number of hydrogen-bond donors (Lipinski definition) is 1. The van der Waals surface area contributed by atoms with Crippen molar-refractivity contribution in [2.75, 3.05) is 13.1 Å². The van der Waals surface area contributed by atoms with Crippen molar-refractivity contribution < 1.29 is 22.0 Å². The Morgan fingerprint density at radius 2 is 1.88 bits per heavy atom. The Morgan fingerprint density at radius 3 is 2.64 bits per heavy atom. The number of fused-ring (bicyclic) bond motifs is 2. The third-order valence-corrected chi connectivity index (χ3v) is 6.60. The number of aliphatic imine (C=N–C) groups is 1. The summed E-state index contributed by atoms with van der Waals surface area (Å²) in [4.78, 5) is 16.8. The van der Waals surface area contributed by atoms with Crippen molar-refractivity contribution in [3.05, 3.63) is 53.5 Å². The summed E-state index contributed by atoms with van der Waals surface area (Å²) in [5.41, 5.74) is 1.37. The first-order valence-electron chi connectivity index (χ1n) is 10.9. The average Bonchev–Trinajstić information content (AvgIpc) is 3.23. The highest BCUT2D eigenvalue weighted by Gasteiger charge is 2.40. The molecule has 1 fully saturated rings. The van der Waals surface area contributed by atoms with Crippen LogP contribution in [0.5, 0.6) is 0 Å². The molecular weight excluding hydrogens is 441 g/mol. The zero-order valence-corrected chi connectivity index (χ0v) is 17.6. The van der Waals surface area contributed by atoms with E-state index in [4.69, 9.17) is 0 Å². The molecule has 10 heteroatoms. The SMILES string of the molecule is FC1(F)CCN([C@H]2CCc3ccccc3C2C=Nc2ncnc3[nH]c(C(F)(F)F)cc23)CC1. The molecule has 1 N–H and O–H groups in total. The van der Waals surface area contributed by atoms with Crippen molar-refractivity contribution in [2.24, 2.45) is 4.99 Å². The second-order valence-electron chi connectivity index (χ2n) is 8.64. The Kier molecular flexibility index (Phi) is 5.43. The fraction of sp³-hybridized carbons (Fsp3) is 0.435. The molecule has 0 spiro atoms. The summed E-state index contributed by atoms with van der Waals surface area (Å²) in [5.74, 6) is -2.68. The Hall–Kier alpha value is -2.88. The largest absolute Gasteiger partial charge is 0.431 e. The zero-order valence-electron chi connectivity index (χ0n) is 17.6. The van der Waals surface area contributed by atoms with E-state index < -0.39 is 17.8 Å². The van der Waals surface area contributed by atoms with Crippen LogP contribution in [0.15, 0.2) is 41.7 Å². The van der Waals surface area contributed by atoms with Crippen LogP contribution in [-0.2, 0) is 12.6 Å². The normalized spacial score (nSPS) is 23.8. The molecule has 1 aliphatic heterocycles. The van der Waals surface area contributed by atoms with Gasteiger partial charge in [-0.1, -0.05) is 24.3 Å². The molecule has 1 aliphatic carbocycles. The Labute approximate surface area is 186 Å². The molecule has 1 unspecified atom stereocenters. The van der Waals surface area contributed by atoms with E-state index in [1.165, 1.54) is 11.9 Å². The number of H-pyrrole nitrogens is 1. The molecule has 1 saturated heterocycles. The fourth-order valence-electron chi connectivity index (χ4n) is 4.88. The number of aromatic nitrogens is 3. The summed E-state index contributed by atoms with van der Waals surface area (Å²) >= 11 is 0. The lowest BCUT2D eigenvalue weighted by Crippen LogP contribution is -2.49. The van der Waals surface area contributed by atoms with Gasteiger partial charge < -0.3 is 4.98 Å². The van der Waals surface area contributed by atoms with Crippen LogP contribution in [0.2, 0.25) is 0 Å². The van der Waals surface area contributed by atoms with Crippen molar-refractivity contribution in [1.29, 1.82) is 0 Å². The maximum absolute atomic E-state index is 13.7. The molecule has 5 nitrogen and oxygen atoms in total. The molecule has 3 aromatic rings. The molecule has 0 radical (unpaired) electrons. The zero-order chi connectivity index (χ0) is 23.2. The van der Waals surface area contributed by atoms with Gasteiger partial charge in [-0.3, -0.25) is 4.90 Å². The number of aromatic amines is 1. The predicted octanol–water partition coefficient (Wildman–Crippen LogP) is 5.51. The first-order valence-corrected chi connectivity index (χ1v) is 10.9. The minimum absolute atomic E-state index is 0.0194. The van der Waals surface area contributed by atoms with Crippen molar-refractivity contribution in [1.82, 2.24) is 19.9 Å². The van der Waals surface area contributed by atoms with Crippen LogP contribution in [0.25, 0.3) is 11.0 Å². The lowest BCUT2D eigenvalue weighted by molar-refractivity contribution is -0.140. The van der Waals surface area contributed by atoms with Gasteiger partial charge in [0.05, 0.1) is 5.39 Å². The molecule has 2 aliphatic rings. The standard InChI is InChI=1S/C23H22F5N5/c24-22(25)7-9-33(10-8-22)18-6-5-14-3-1-2-4-15(14)17(18)12-29-20-16-11-19(23(26,27)28)32-21(16)31-13-30-20/h1-4,11-13,17-18H,5-10H2,(H,30,31,32)/t17?,18-/m0/s1. The highest BCUT2D eigenvalue weighted by molar-refractivity contribution is 5.88. The molecule has 2 atom stereocenters. The molecule has 0 bridgehead atoms. The smallest absolute Gasteiger partial charge is 0.336 e. The molecule has 3 heterocycles. The Balaban J connectivity index is 1.49. The van der Waals surface area contributed by atoms with Crippen LogP contribution in [0.4, 0.5) is 27.8 Å². The molecule has 0 saturated carbocycles. The van der Waals surface area contributed by atoms with E-state index in [0.717, 1.165) is 24.5 Å². The minimum Gasteiger partial charge on any atom is -0.336 e. The quantitative estimate of drug-likeness (QED) is 0.412. The molecule has 5 rings (SSSR count). The molecule has 1 aromatic carbocycles. The van der Waals surface area contributed by atoms with E-state index in [2.05, 4.69) is 24.8 Å². The van der Waals surface area contributed by atoms with Gasteiger partial charge in [-0.05, 0) is 30.0 Å². The number of likely N-dealkylation sites (tertiary alicyclic amines) is 1. The van der Waals surface area contributed by atoms with E-state index in [9.17, 15) is 22.0 Å². The van der Waals surface area contributed by atoms with Gasteiger partial charge in [0, 0.05) is 44.1 Å². The summed E-state index contributed by atoms with van der Waals surface area (Å²) in [7, 11) is 0. The third kappa shape index (κ3) is 4.36. The molecule has 33 heavy (non-hydrogen) atoms. The summed E-state index contributed by atoms with van der Waals surface area (Å²) in [6.07, 6.45) is -0.382. The third-order valence-electron chi connectivity index (χ3n) is 6.60. The Morgan fingerprint density at radius 1 is 1.12 bits per heavy atom. The van der Waals surface area contributed by atoms with E-state index >= 15 is 0 Å². The first kappa shape index (κ1) is 21.9. The van der Waals surface area contributed by atoms with Crippen LogP contribution in [0, 0.1) is 0 Å². The minimum atomic E-state index is -4.54. The second-order valence-corrected chi connectivity index (χ2v) is 8.64. The fourth-order valence-corrected chi connectivity index (χ4v) is 4.88. The van der Waals surface area contributed by atoms with Crippen LogP contribution in [-0.4, -0.2) is 51.1 Å². The van der Waals surface area contributed by atoms with Crippen molar-refractivity contribution in [2.45, 2.75) is 49.7 Å². The summed E-state index contributed by atoms with van der Waals surface area (Å²) in [6.45, 7) is 0.601. The number of hydrogen-bond acceptors (Lipinski definition) is 4. The van der Waals surface area contributed by atoms with Gasteiger partial charge in [0.25, 0.3) is 5.92 Å². The van der Waals surface area contributed by atoms with Gasteiger partial charge in [-0.15, -0.1) is 0 Å². The molecule has 174 valence electrons. The van der Waals surface area contributed by atoms with Crippen LogP contribution in [0.1, 0.15) is 42.0 Å². The van der Waals surface area contributed by atoms with E-state index in [1.807, 2.05) is 24.3 Å². The van der Waals surface area contributed by atoms with Crippen molar-refractivity contribution in [3.63, 3.8) is 0 Å². The van der Waals surface area contributed by atoms with Crippen LogP contribution in [0.3, 0.4) is 0 Å². The first-order chi connectivity index (χ1) is 15.7. The Bertz CT molecular complexity index is 1180. The predicted molar refractivity (Wildman–Crippen MR) is 114 cm³/mol. The second kappa shape index (κ2) is 8.16. The average molecular weight is 463 g/mol. The monoisotopic (exact) mass is 463 g/mol. The number of alkyl halides is 5. The summed E-state index contributed by atoms with van der Waals surface area (Å²) < 4.78 is 66.9. The highest BCUT2D eigenvalue weighted by atomic mass is 19.4. The topological polar surface area (TPSA) is 57.2 Å². The van der Waals surface area contributed by atoms with Gasteiger partial charge in [0.15, 0.2) is 5.82 Å².